The normalized spacial score (nSPS) is 10.2. The molecule has 122 valence electrons. The quantitative estimate of drug-likeness (QED) is 0.841. The third-order valence-electron chi connectivity index (χ3n) is 2.95. The van der Waals surface area contributed by atoms with Crippen molar-refractivity contribution in [3.05, 3.63) is 23.1 Å². The molecule has 2 aromatic rings. The monoisotopic (exact) mass is 336 g/mol. The van der Waals surface area contributed by atoms with Crippen LogP contribution < -0.4 is 14.8 Å². The highest BCUT2D eigenvalue weighted by Gasteiger charge is 2.18. The first-order valence-corrected chi connectivity index (χ1v) is 7.47. The van der Waals surface area contributed by atoms with Crippen LogP contribution in [0.2, 0.25) is 0 Å². The van der Waals surface area contributed by atoms with Crippen molar-refractivity contribution in [3.8, 4) is 22.8 Å². The third-order valence-corrected chi connectivity index (χ3v) is 3.92. The lowest BCUT2D eigenvalue weighted by molar-refractivity contribution is -0.136. The number of benzene rings is 1. The van der Waals surface area contributed by atoms with E-state index in [-0.39, 0.29) is 12.3 Å². The SMILES string of the molecule is COc1ccc(-c2nc(NC(C)=O)sc2CC(=O)O)cc1OC. The molecule has 0 atom stereocenters. The number of carboxylic acids is 1. The summed E-state index contributed by atoms with van der Waals surface area (Å²) in [5.74, 6) is -0.155. The zero-order valence-electron chi connectivity index (χ0n) is 12.9. The highest BCUT2D eigenvalue weighted by atomic mass is 32.1. The van der Waals surface area contributed by atoms with Crippen LogP contribution in [-0.2, 0) is 16.0 Å². The fourth-order valence-electron chi connectivity index (χ4n) is 2.02. The third kappa shape index (κ3) is 3.98. The Hall–Kier alpha value is -2.61. The van der Waals surface area contributed by atoms with Gasteiger partial charge in [0.1, 0.15) is 0 Å². The zero-order chi connectivity index (χ0) is 17.0. The van der Waals surface area contributed by atoms with Crippen molar-refractivity contribution >= 4 is 28.3 Å². The van der Waals surface area contributed by atoms with Crippen LogP contribution in [0.25, 0.3) is 11.3 Å². The molecule has 0 unspecified atom stereocenters. The summed E-state index contributed by atoms with van der Waals surface area (Å²) in [6.07, 6.45) is -0.180. The largest absolute Gasteiger partial charge is 0.493 e. The van der Waals surface area contributed by atoms with Gasteiger partial charge in [0, 0.05) is 17.4 Å². The van der Waals surface area contributed by atoms with E-state index < -0.39 is 5.97 Å². The number of aromatic nitrogens is 1. The number of carboxylic acid groups (broad SMARTS) is 1. The van der Waals surface area contributed by atoms with Gasteiger partial charge in [0.2, 0.25) is 5.91 Å². The fourth-order valence-corrected chi connectivity index (χ4v) is 3.04. The minimum absolute atomic E-state index is 0.180. The van der Waals surface area contributed by atoms with Crippen LogP contribution >= 0.6 is 11.3 Å². The smallest absolute Gasteiger partial charge is 0.308 e. The molecule has 0 saturated carbocycles. The van der Waals surface area contributed by atoms with Gasteiger partial charge in [-0.1, -0.05) is 0 Å². The van der Waals surface area contributed by atoms with E-state index in [0.717, 1.165) is 11.3 Å². The van der Waals surface area contributed by atoms with Crippen molar-refractivity contribution in [3.63, 3.8) is 0 Å². The van der Waals surface area contributed by atoms with E-state index in [1.54, 1.807) is 18.2 Å². The van der Waals surface area contributed by atoms with Gasteiger partial charge in [-0.25, -0.2) is 4.98 Å². The Labute approximate surface area is 136 Å². The maximum Gasteiger partial charge on any atom is 0.308 e. The van der Waals surface area contributed by atoms with Gasteiger partial charge in [0.15, 0.2) is 16.6 Å². The van der Waals surface area contributed by atoms with E-state index in [9.17, 15) is 9.59 Å². The number of amides is 1. The van der Waals surface area contributed by atoms with Crippen LogP contribution in [-0.4, -0.2) is 36.2 Å². The number of methoxy groups -OCH3 is 2. The molecule has 7 nitrogen and oxygen atoms in total. The number of nitrogens with one attached hydrogen (secondary N) is 1. The van der Waals surface area contributed by atoms with Crippen LogP contribution in [0.15, 0.2) is 18.2 Å². The van der Waals surface area contributed by atoms with Gasteiger partial charge in [-0.05, 0) is 18.2 Å². The Morgan fingerprint density at radius 3 is 2.52 bits per heavy atom. The van der Waals surface area contributed by atoms with Crippen LogP contribution in [0, 0.1) is 0 Å². The molecule has 1 amide bonds. The van der Waals surface area contributed by atoms with Crippen LogP contribution in [0.5, 0.6) is 11.5 Å². The van der Waals surface area contributed by atoms with E-state index in [4.69, 9.17) is 14.6 Å². The second-order valence-corrected chi connectivity index (χ2v) is 5.70. The summed E-state index contributed by atoms with van der Waals surface area (Å²) < 4.78 is 10.4. The average Bonchev–Trinajstić information content (AvgIpc) is 2.87. The standard InChI is InChI=1S/C15H16N2O5S/c1-8(18)16-15-17-14(12(23-15)7-13(19)20)9-4-5-10(21-2)11(6-9)22-3/h4-6H,7H2,1-3H3,(H,19,20)(H,16,17,18). The van der Waals surface area contributed by atoms with Gasteiger partial charge in [0.25, 0.3) is 0 Å². The molecule has 0 radical (unpaired) electrons. The van der Waals surface area contributed by atoms with Crippen molar-refractivity contribution in [2.45, 2.75) is 13.3 Å². The van der Waals surface area contributed by atoms with Gasteiger partial charge >= 0.3 is 5.97 Å². The maximum atomic E-state index is 11.2. The van der Waals surface area contributed by atoms with Crippen molar-refractivity contribution in [2.24, 2.45) is 0 Å². The first-order chi connectivity index (χ1) is 10.9. The number of thiazole rings is 1. The molecule has 0 fully saturated rings. The summed E-state index contributed by atoms with van der Waals surface area (Å²) >= 11 is 1.14. The van der Waals surface area contributed by atoms with E-state index in [1.807, 2.05) is 0 Å². The van der Waals surface area contributed by atoms with E-state index in [2.05, 4.69) is 10.3 Å². The molecule has 0 bridgehead atoms. The molecule has 0 saturated heterocycles. The van der Waals surface area contributed by atoms with Crippen molar-refractivity contribution < 1.29 is 24.2 Å². The van der Waals surface area contributed by atoms with Crippen LogP contribution in [0.4, 0.5) is 5.13 Å². The Bertz CT molecular complexity index is 741. The predicted octanol–water partition coefficient (Wildman–Crippen LogP) is 2.41. The Kier molecular flexibility index (Phi) is 5.17. The number of carbonyl (C=O) groups excluding carboxylic acids is 1. The van der Waals surface area contributed by atoms with Crippen LogP contribution in [0.3, 0.4) is 0 Å². The molecule has 1 aromatic carbocycles. The lowest BCUT2D eigenvalue weighted by atomic mass is 10.1. The molecule has 2 N–H and O–H groups in total. The molecule has 0 aliphatic heterocycles. The molecule has 23 heavy (non-hydrogen) atoms. The molecule has 0 spiro atoms. The molecule has 0 aliphatic rings. The molecular weight excluding hydrogens is 320 g/mol. The molecular formula is C15H16N2O5S. The number of rotatable bonds is 6. The molecule has 1 aromatic heterocycles. The van der Waals surface area contributed by atoms with Gasteiger partial charge in [-0.2, -0.15) is 0 Å². The number of nitrogens with zero attached hydrogens (tertiary/aromatic N) is 1. The highest BCUT2D eigenvalue weighted by Crippen LogP contribution is 2.36. The topological polar surface area (TPSA) is 97.8 Å². The minimum Gasteiger partial charge on any atom is -0.493 e. The molecule has 2 rings (SSSR count). The number of carbonyl (C=O) groups is 2. The average molecular weight is 336 g/mol. The van der Waals surface area contributed by atoms with Gasteiger partial charge < -0.3 is 19.9 Å². The van der Waals surface area contributed by atoms with Crippen LogP contribution in [0.1, 0.15) is 11.8 Å². The van der Waals surface area contributed by atoms with E-state index in [0.29, 0.717) is 32.8 Å². The summed E-state index contributed by atoms with van der Waals surface area (Å²) in [4.78, 5) is 27.1. The number of hydrogen-bond donors (Lipinski definition) is 2. The first kappa shape index (κ1) is 16.8. The Morgan fingerprint density at radius 2 is 1.96 bits per heavy atom. The summed E-state index contributed by atoms with van der Waals surface area (Å²) in [6.45, 7) is 1.37. The van der Waals surface area contributed by atoms with Gasteiger partial charge in [-0.15, -0.1) is 11.3 Å². The van der Waals surface area contributed by atoms with E-state index >= 15 is 0 Å². The Morgan fingerprint density at radius 1 is 1.26 bits per heavy atom. The number of anilines is 1. The number of aliphatic carboxylic acids is 1. The summed E-state index contributed by atoms with van der Waals surface area (Å²) in [6, 6.07) is 5.20. The van der Waals surface area contributed by atoms with Gasteiger partial charge in [0.05, 0.1) is 26.3 Å². The highest BCUT2D eigenvalue weighted by molar-refractivity contribution is 7.16. The predicted molar refractivity (Wildman–Crippen MR) is 86.3 cm³/mol. The van der Waals surface area contributed by atoms with Gasteiger partial charge in [-0.3, -0.25) is 9.59 Å². The minimum atomic E-state index is -0.968. The number of ether oxygens (including phenoxy) is 2. The van der Waals surface area contributed by atoms with Crippen molar-refractivity contribution in [2.75, 3.05) is 19.5 Å². The molecule has 0 aliphatic carbocycles. The maximum absolute atomic E-state index is 11.2. The lowest BCUT2D eigenvalue weighted by Crippen LogP contribution is -2.04. The van der Waals surface area contributed by atoms with Crippen molar-refractivity contribution in [1.82, 2.24) is 4.98 Å². The van der Waals surface area contributed by atoms with Crippen molar-refractivity contribution in [1.29, 1.82) is 0 Å². The molecule has 8 heteroatoms. The summed E-state index contributed by atoms with van der Waals surface area (Å²) in [7, 11) is 3.05. The van der Waals surface area contributed by atoms with E-state index in [1.165, 1.54) is 21.1 Å². The summed E-state index contributed by atoms with van der Waals surface area (Å²) in [5, 5.41) is 12.0. The number of hydrogen-bond acceptors (Lipinski definition) is 6. The first-order valence-electron chi connectivity index (χ1n) is 6.66. The zero-order valence-corrected chi connectivity index (χ0v) is 13.7. The second kappa shape index (κ2) is 7.10. The fraction of sp³-hybridized carbons (Fsp3) is 0.267. The lowest BCUT2D eigenvalue weighted by Gasteiger charge is -2.09. The molecule has 1 heterocycles. The summed E-state index contributed by atoms with van der Waals surface area (Å²) in [5.41, 5.74) is 1.19. The Balaban J connectivity index is 2.49. The second-order valence-electron chi connectivity index (χ2n) is 4.61.